The van der Waals surface area contributed by atoms with Gasteiger partial charge in [-0.1, -0.05) is 0 Å². The zero-order valence-electron chi connectivity index (χ0n) is 21.8. The molecule has 5 aliphatic rings. The van der Waals surface area contributed by atoms with Gasteiger partial charge in [0.1, 0.15) is 11.9 Å². The number of aliphatic carboxylic acids is 2. The van der Waals surface area contributed by atoms with E-state index in [0.717, 1.165) is 37.0 Å². The molecule has 4 saturated carbocycles. The van der Waals surface area contributed by atoms with Crippen LogP contribution in [-0.4, -0.2) is 69.2 Å². The average molecular weight is 535 g/mol. The number of rotatable bonds is 8. The molecule has 1 amide bonds. The number of nitriles is 2. The number of anilines is 1. The van der Waals surface area contributed by atoms with Gasteiger partial charge in [0.15, 0.2) is 0 Å². The second-order valence-electron chi connectivity index (χ2n) is 11.1. The van der Waals surface area contributed by atoms with Gasteiger partial charge in [-0.2, -0.15) is 10.5 Å². The van der Waals surface area contributed by atoms with E-state index >= 15 is 0 Å². The maximum absolute atomic E-state index is 13.2. The van der Waals surface area contributed by atoms with Crippen LogP contribution >= 0.6 is 0 Å². The molecule has 5 fully saturated rings. The molecule has 1 saturated heterocycles. The average Bonchev–Trinajstić information content (AvgIpc) is 3.36. The highest BCUT2D eigenvalue weighted by Gasteiger charge is 2.57. The van der Waals surface area contributed by atoms with Crippen LogP contribution in [0.1, 0.15) is 50.5 Å². The van der Waals surface area contributed by atoms with Crippen LogP contribution in [-0.2, 0) is 14.4 Å². The molecule has 4 aliphatic carbocycles. The number of carboxylic acids is 2. The fraction of sp³-hybridized carbons (Fsp3) is 0.571. The van der Waals surface area contributed by atoms with Gasteiger partial charge in [0.05, 0.1) is 29.8 Å². The number of nitrogens with zero attached hydrogens (tertiary/aromatic N) is 4. The van der Waals surface area contributed by atoms with Crippen molar-refractivity contribution in [2.24, 2.45) is 23.7 Å². The Hall–Kier alpha value is -3.96. The predicted octanol–water partition coefficient (Wildman–Crippen LogP) is 2.38. The van der Waals surface area contributed by atoms with E-state index in [1.54, 1.807) is 12.3 Å². The first-order chi connectivity index (χ1) is 18.7. The van der Waals surface area contributed by atoms with Crippen LogP contribution in [0.3, 0.4) is 0 Å². The third-order valence-electron chi connectivity index (χ3n) is 8.65. The second-order valence-corrected chi connectivity index (χ2v) is 11.1. The van der Waals surface area contributed by atoms with Gasteiger partial charge in [0.25, 0.3) is 0 Å². The summed E-state index contributed by atoms with van der Waals surface area (Å²) in [6.07, 6.45) is 10.7. The van der Waals surface area contributed by atoms with Crippen LogP contribution in [0.25, 0.3) is 0 Å². The molecular weight excluding hydrogens is 500 g/mol. The lowest BCUT2D eigenvalue weighted by molar-refractivity contribution is -0.134. The first-order valence-corrected chi connectivity index (χ1v) is 13.4. The molecule has 6 rings (SSSR count). The highest BCUT2D eigenvalue weighted by Crippen LogP contribution is 2.58. The summed E-state index contributed by atoms with van der Waals surface area (Å²) in [6, 6.07) is 7.92. The van der Waals surface area contributed by atoms with Crippen molar-refractivity contribution >= 4 is 23.7 Å². The third kappa shape index (κ3) is 6.73. The first kappa shape index (κ1) is 28.1. The number of hydrogen-bond donors (Lipinski definition) is 4. The molecule has 39 heavy (non-hydrogen) atoms. The van der Waals surface area contributed by atoms with E-state index in [1.165, 1.54) is 32.1 Å². The Morgan fingerprint density at radius 2 is 1.69 bits per heavy atom. The molecule has 206 valence electrons. The third-order valence-corrected chi connectivity index (χ3v) is 8.65. The highest BCUT2D eigenvalue weighted by atomic mass is 16.4. The van der Waals surface area contributed by atoms with Gasteiger partial charge in [0.2, 0.25) is 5.91 Å². The molecular formula is C28H34N6O5. The molecule has 2 heterocycles. The monoisotopic (exact) mass is 534 g/mol. The standard InChI is InChI=1S/C24H30N6O.C4H4O4/c25-11-16-3-4-22(27-13-16)28-15-24(19-7-17-6-18(9-19)10-20(24)8-17)29-23(31)14-30-5-1-2-21(30)12-26;5-3(6)1-2-4(7)8/h3-4,13,17-21H,1-2,5-10,14-15H2,(H,27,28)(H,29,31);1-2H,(H,5,6)(H,7,8)/b;2-1+/t17?,18?,19?,20?,21-,24?;/m0./s1. The summed E-state index contributed by atoms with van der Waals surface area (Å²) >= 11 is 0. The Balaban J connectivity index is 0.000000386. The van der Waals surface area contributed by atoms with Gasteiger partial charge < -0.3 is 20.8 Å². The molecule has 0 aromatic carbocycles. The summed E-state index contributed by atoms with van der Waals surface area (Å²) in [5.41, 5.74) is 0.280. The van der Waals surface area contributed by atoms with E-state index in [0.29, 0.717) is 42.6 Å². The van der Waals surface area contributed by atoms with Crippen molar-refractivity contribution < 1.29 is 24.6 Å². The Kier molecular flexibility index (Phi) is 8.82. The van der Waals surface area contributed by atoms with Crippen LogP contribution in [0.4, 0.5) is 5.82 Å². The summed E-state index contributed by atoms with van der Waals surface area (Å²) in [6.45, 7) is 1.79. The van der Waals surface area contributed by atoms with Gasteiger partial charge in [-0.25, -0.2) is 14.6 Å². The van der Waals surface area contributed by atoms with Crippen LogP contribution in [0, 0.1) is 46.3 Å². The topological polar surface area (TPSA) is 179 Å². The van der Waals surface area contributed by atoms with E-state index in [9.17, 15) is 19.6 Å². The Labute approximate surface area is 227 Å². The SMILES string of the molecule is N#Cc1ccc(NCC2(NC(=O)CN3CCC[C@H]3C#N)C3CC4CC(C3)CC2C4)nc1.O=C(O)/C=C/C(=O)O. The number of pyridine rings is 1. The van der Waals surface area contributed by atoms with Crippen molar-refractivity contribution in [1.29, 1.82) is 10.5 Å². The van der Waals surface area contributed by atoms with Crippen molar-refractivity contribution in [1.82, 2.24) is 15.2 Å². The summed E-state index contributed by atoms with van der Waals surface area (Å²) in [7, 11) is 0. The quantitative estimate of drug-likeness (QED) is 0.362. The number of likely N-dealkylation sites (tertiary alicyclic amines) is 1. The normalized spacial score (nSPS) is 30.6. The first-order valence-electron chi connectivity index (χ1n) is 13.4. The number of aromatic nitrogens is 1. The van der Waals surface area contributed by atoms with Gasteiger partial charge in [-0.15, -0.1) is 0 Å². The Morgan fingerprint density at radius 1 is 1.05 bits per heavy atom. The molecule has 1 atom stereocenters. The molecule has 4 bridgehead atoms. The zero-order valence-corrected chi connectivity index (χ0v) is 21.8. The second kappa shape index (κ2) is 12.3. The van der Waals surface area contributed by atoms with E-state index in [1.807, 2.05) is 11.0 Å². The smallest absolute Gasteiger partial charge is 0.328 e. The molecule has 1 aromatic heterocycles. The van der Waals surface area contributed by atoms with Crippen molar-refractivity contribution in [3.05, 3.63) is 36.0 Å². The number of hydrogen-bond acceptors (Lipinski definition) is 8. The molecule has 1 aromatic rings. The van der Waals surface area contributed by atoms with Crippen molar-refractivity contribution in [3.8, 4) is 12.1 Å². The molecule has 0 unspecified atom stereocenters. The maximum atomic E-state index is 13.2. The van der Waals surface area contributed by atoms with E-state index in [-0.39, 0.29) is 17.5 Å². The summed E-state index contributed by atoms with van der Waals surface area (Å²) in [5.74, 6) is 0.867. The Morgan fingerprint density at radius 3 is 2.21 bits per heavy atom. The number of carbonyl (C=O) groups excluding carboxylic acids is 1. The fourth-order valence-electron chi connectivity index (χ4n) is 7.15. The van der Waals surface area contributed by atoms with Crippen molar-refractivity contribution in [3.63, 3.8) is 0 Å². The van der Waals surface area contributed by atoms with Gasteiger partial charge in [-0.3, -0.25) is 9.69 Å². The summed E-state index contributed by atoms with van der Waals surface area (Å²) < 4.78 is 0. The number of nitrogens with one attached hydrogen (secondary N) is 2. The highest BCUT2D eigenvalue weighted by molar-refractivity contribution is 5.89. The van der Waals surface area contributed by atoms with Crippen molar-refractivity contribution in [2.45, 2.75) is 56.5 Å². The van der Waals surface area contributed by atoms with Gasteiger partial charge in [0, 0.05) is 31.4 Å². The largest absolute Gasteiger partial charge is 0.478 e. The molecule has 1 aliphatic heterocycles. The summed E-state index contributed by atoms with van der Waals surface area (Å²) in [4.78, 5) is 38.7. The maximum Gasteiger partial charge on any atom is 0.328 e. The van der Waals surface area contributed by atoms with Crippen LogP contribution in [0.2, 0.25) is 0 Å². The molecule has 0 spiro atoms. The van der Waals surface area contributed by atoms with Gasteiger partial charge in [-0.05, 0) is 80.8 Å². The number of carboxylic acid groups (broad SMARTS) is 2. The zero-order chi connectivity index (χ0) is 28.0. The lowest BCUT2D eigenvalue weighted by Gasteiger charge is -2.61. The van der Waals surface area contributed by atoms with Crippen LogP contribution in [0.15, 0.2) is 30.5 Å². The molecule has 4 N–H and O–H groups in total. The van der Waals surface area contributed by atoms with Crippen LogP contribution < -0.4 is 10.6 Å². The van der Waals surface area contributed by atoms with Crippen LogP contribution in [0.5, 0.6) is 0 Å². The number of amides is 1. The molecule has 11 nitrogen and oxygen atoms in total. The minimum absolute atomic E-state index is 0.0456. The Bertz CT molecular complexity index is 1140. The lowest BCUT2D eigenvalue weighted by Crippen LogP contribution is -2.69. The minimum Gasteiger partial charge on any atom is -0.478 e. The predicted molar refractivity (Wildman–Crippen MR) is 140 cm³/mol. The fourth-order valence-corrected chi connectivity index (χ4v) is 7.15. The van der Waals surface area contributed by atoms with Gasteiger partial charge >= 0.3 is 11.9 Å². The lowest BCUT2D eigenvalue weighted by atomic mass is 9.48. The number of carbonyl (C=O) groups is 3. The van der Waals surface area contributed by atoms with E-state index < -0.39 is 11.9 Å². The molecule has 11 heteroatoms. The van der Waals surface area contributed by atoms with E-state index in [2.05, 4.69) is 27.8 Å². The summed E-state index contributed by atoms with van der Waals surface area (Å²) in [5, 5.41) is 41.0. The minimum atomic E-state index is -1.26. The van der Waals surface area contributed by atoms with E-state index in [4.69, 9.17) is 15.5 Å². The molecule has 0 radical (unpaired) electrons. The van der Waals surface area contributed by atoms with Crippen molar-refractivity contribution in [2.75, 3.05) is 25.0 Å².